The Hall–Kier alpha value is -1.03. The SMILES string of the molecule is Cn1nc(NC(=O)CCl)cc1C1CCCC1. The second-order valence-corrected chi connectivity index (χ2v) is 4.51. The van der Waals surface area contributed by atoms with E-state index in [1.165, 1.54) is 31.4 Å². The number of carbonyl (C=O) groups is 1. The predicted octanol–water partition coefficient (Wildman–Crippen LogP) is 2.25. The summed E-state index contributed by atoms with van der Waals surface area (Å²) in [5.74, 6) is 0.960. The Labute approximate surface area is 100.0 Å². The maximum atomic E-state index is 11.1. The van der Waals surface area contributed by atoms with Gasteiger partial charge in [-0.3, -0.25) is 9.48 Å². The number of nitrogens with one attached hydrogen (secondary N) is 1. The quantitative estimate of drug-likeness (QED) is 0.826. The minimum Gasteiger partial charge on any atom is -0.308 e. The van der Waals surface area contributed by atoms with Crippen molar-refractivity contribution in [3.63, 3.8) is 0 Å². The summed E-state index contributed by atoms with van der Waals surface area (Å²) in [6, 6.07) is 1.96. The topological polar surface area (TPSA) is 46.9 Å². The lowest BCUT2D eigenvalue weighted by atomic mass is 10.0. The van der Waals surface area contributed by atoms with Crippen LogP contribution in [-0.4, -0.2) is 21.6 Å². The minimum atomic E-state index is -0.210. The number of rotatable bonds is 3. The number of aryl methyl sites for hydroxylation is 1. The van der Waals surface area contributed by atoms with Crippen molar-refractivity contribution < 1.29 is 4.79 Å². The number of halogens is 1. The maximum Gasteiger partial charge on any atom is 0.240 e. The van der Waals surface area contributed by atoms with Crippen molar-refractivity contribution in [1.29, 1.82) is 0 Å². The summed E-state index contributed by atoms with van der Waals surface area (Å²) in [4.78, 5) is 11.1. The van der Waals surface area contributed by atoms with Gasteiger partial charge in [0, 0.05) is 24.7 Å². The molecule has 1 aliphatic carbocycles. The summed E-state index contributed by atoms with van der Waals surface area (Å²) < 4.78 is 1.86. The monoisotopic (exact) mass is 241 g/mol. The summed E-state index contributed by atoms with van der Waals surface area (Å²) >= 11 is 5.43. The average Bonchev–Trinajstić information content (AvgIpc) is 2.87. The van der Waals surface area contributed by atoms with E-state index in [1.807, 2.05) is 17.8 Å². The molecule has 1 saturated carbocycles. The van der Waals surface area contributed by atoms with Gasteiger partial charge >= 0.3 is 0 Å². The van der Waals surface area contributed by atoms with Crippen LogP contribution < -0.4 is 5.32 Å². The van der Waals surface area contributed by atoms with Crippen LogP contribution in [0.3, 0.4) is 0 Å². The first-order chi connectivity index (χ1) is 7.70. The molecule has 0 atom stereocenters. The van der Waals surface area contributed by atoms with Crippen molar-refractivity contribution in [1.82, 2.24) is 9.78 Å². The summed E-state index contributed by atoms with van der Waals surface area (Å²) in [5.41, 5.74) is 1.21. The summed E-state index contributed by atoms with van der Waals surface area (Å²) in [5, 5.41) is 6.94. The molecule has 1 aromatic heterocycles. The van der Waals surface area contributed by atoms with Crippen LogP contribution in [0, 0.1) is 0 Å². The van der Waals surface area contributed by atoms with Crippen LogP contribution in [-0.2, 0) is 11.8 Å². The minimum absolute atomic E-state index is 0.0324. The Kier molecular flexibility index (Phi) is 3.49. The molecule has 0 aromatic carbocycles. The molecule has 1 fully saturated rings. The largest absolute Gasteiger partial charge is 0.308 e. The molecular weight excluding hydrogens is 226 g/mol. The first-order valence-electron chi connectivity index (χ1n) is 5.60. The van der Waals surface area contributed by atoms with Gasteiger partial charge in [-0.05, 0) is 12.8 Å². The molecule has 0 unspecified atom stereocenters. The fraction of sp³-hybridized carbons (Fsp3) is 0.636. The van der Waals surface area contributed by atoms with E-state index in [1.54, 1.807) is 0 Å². The Morgan fingerprint density at radius 1 is 1.62 bits per heavy atom. The van der Waals surface area contributed by atoms with Gasteiger partial charge in [-0.15, -0.1) is 11.6 Å². The first kappa shape index (κ1) is 11.5. The third-order valence-corrected chi connectivity index (χ3v) is 3.32. The molecule has 2 rings (SSSR count). The first-order valence-corrected chi connectivity index (χ1v) is 6.14. The summed E-state index contributed by atoms with van der Waals surface area (Å²) in [6.45, 7) is 0. The molecule has 0 radical (unpaired) electrons. The molecule has 1 N–H and O–H groups in total. The number of aromatic nitrogens is 2. The van der Waals surface area contributed by atoms with Crippen molar-refractivity contribution >= 4 is 23.3 Å². The molecule has 0 saturated heterocycles. The van der Waals surface area contributed by atoms with E-state index in [-0.39, 0.29) is 11.8 Å². The Bertz CT molecular complexity index is 383. The molecule has 16 heavy (non-hydrogen) atoms. The molecule has 1 heterocycles. The second kappa shape index (κ2) is 4.87. The van der Waals surface area contributed by atoms with Crippen molar-refractivity contribution in [2.45, 2.75) is 31.6 Å². The molecule has 1 aliphatic rings. The number of anilines is 1. The van der Waals surface area contributed by atoms with Gasteiger partial charge in [-0.1, -0.05) is 12.8 Å². The van der Waals surface area contributed by atoms with Gasteiger partial charge in [0.05, 0.1) is 0 Å². The summed E-state index contributed by atoms with van der Waals surface area (Å²) in [6.07, 6.45) is 5.03. The zero-order valence-electron chi connectivity index (χ0n) is 9.37. The van der Waals surface area contributed by atoms with E-state index in [2.05, 4.69) is 10.4 Å². The average molecular weight is 242 g/mol. The van der Waals surface area contributed by atoms with Crippen LogP contribution in [0.5, 0.6) is 0 Å². The van der Waals surface area contributed by atoms with E-state index >= 15 is 0 Å². The highest BCUT2D eigenvalue weighted by molar-refractivity contribution is 6.28. The molecule has 1 amide bonds. The Balaban J connectivity index is 2.11. The van der Waals surface area contributed by atoms with Crippen LogP contribution in [0.25, 0.3) is 0 Å². The molecule has 0 bridgehead atoms. The van der Waals surface area contributed by atoms with E-state index < -0.39 is 0 Å². The number of amides is 1. The number of alkyl halides is 1. The highest BCUT2D eigenvalue weighted by Crippen LogP contribution is 2.34. The predicted molar refractivity (Wildman–Crippen MR) is 63.8 cm³/mol. The number of nitrogens with zero attached hydrogens (tertiary/aromatic N) is 2. The smallest absolute Gasteiger partial charge is 0.240 e. The molecule has 4 nitrogen and oxygen atoms in total. The van der Waals surface area contributed by atoms with Gasteiger partial charge in [-0.25, -0.2) is 0 Å². The number of carbonyl (C=O) groups excluding carboxylic acids is 1. The van der Waals surface area contributed by atoms with E-state index in [4.69, 9.17) is 11.6 Å². The van der Waals surface area contributed by atoms with Crippen LogP contribution in [0.15, 0.2) is 6.07 Å². The van der Waals surface area contributed by atoms with E-state index in [9.17, 15) is 4.79 Å². The van der Waals surface area contributed by atoms with Gasteiger partial charge in [-0.2, -0.15) is 5.10 Å². The van der Waals surface area contributed by atoms with Gasteiger partial charge in [0.2, 0.25) is 5.91 Å². The normalized spacial score (nSPS) is 16.6. The van der Waals surface area contributed by atoms with Gasteiger partial charge in [0.15, 0.2) is 5.82 Å². The van der Waals surface area contributed by atoms with Crippen molar-refractivity contribution in [2.75, 3.05) is 11.2 Å². The van der Waals surface area contributed by atoms with Crippen LogP contribution in [0.2, 0.25) is 0 Å². The summed E-state index contributed by atoms with van der Waals surface area (Å²) in [7, 11) is 1.92. The van der Waals surface area contributed by atoms with Crippen LogP contribution in [0.1, 0.15) is 37.3 Å². The van der Waals surface area contributed by atoms with Gasteiger partial charge < -0.3 is 5.32 Å². The third-order valence-electron chi connectivity index (χ3n) is 3.08. The van der Waals surface area contributed by atoms with E-state index in [0.717, 1.165) is 0 Å². The molecule has 0 spiro atoms. The fourth-order valence-electron chi connectivity index (χ4n) is 2.32. The molecule has 5 heteroatoms. The zero-order chi connectivity index (χ0) is 11.5. The number of hydrogen-bond acceptors (Lipinski definition) is 2. The molecule has 88 valence electrons. The molecule has 1 aromatic rings. The van der Waals surface area contributed by atoms with Gasteiger partial charge in [0.1, 0.15) is 5.88 Å². The Morgan fingerprint density at radius 3 is 2.94 bits per heavy atom. The van der Waals surface area contributed by atoms with Crippen molar-refractivity contribution in [2.24, 2.45) is 7.05 Å². The second-order valence-electron chi connectivity index (χ2n) is 4.24. The van der Waals surface area contributed by atoms with Crippen LogP contribution >= 0.6 is 11.6 Å². The van der Waals surface area contributed by atoms with Crippen molar-refractivity contribution in [3.05, 3.63) is 11.8 Å². The Morgan fingerprint density at radius 2 is 2.31 bits per heavy atom. The molecular formula is C11H16ClN3O. The highest BCUT2D eigenvalue weighted by atomic mass is 35.5. The van der Waals surface area contributed by atoms with Gasteiger partial charge in [0.25, 0.3) is 0 Å². The van der Waals surface area contributed by atoms with E-state index in [0.29, 0.717) is 11.7 Å². The van der Waals surface area contributed by atoms with Crippen LogP contribution in [0.4, 0.5) is 5.82 Å². The third kappa shape index (κ3) is 2.38. The lowest BCUT2D eigenvalue weighted by Gasteiger charge is -2.07. The maximum absolute atomic E-state index is 11.1. The lowest BCUT2D eigenvalue weighted by Crippen LogP contribution is -2.13. The van der Waals surface area contributed by atoms with Crippen molar-refractivity contribution in [3.8, 4) is 0 Å². The standard InChI is InChI=1S/C11H16ClN3O/c1-15-9(8-4-2-3-5-8)6-10(14-15)13-11(16)7-12/h6,8H,2-5,7H2,1H3,(H,13,14,16). The molecule has 0 aliphatic heterocycles. The highest BCUT2D eigenvalue weighted by Gasteiger charge is 2.21. The fourth-order valence-corrected chi connectivity index (χ4v) is 2.39. The zero-order valence-corrected chi connectivity index (χ0v) is 10.1. The lowest BCUT2D eigenvalue weighted by molar-refractivity contribution is -0.113. The number of hydrogen-bond donors (Lipinski definition) is 1.